The smallest absolute Gasteiger partial charge is 0.162 e. The van der Waals surface area contributed by atoms with Gasteiger partial charge in [0.15, 0.2) is 11.5 Å². The van der Waals surface area contributed by atoms with Crippen LogP contribution in [0.4, 0.5) is 0 Å². The minimum Gasteiger partial charge on any atom is -0.490 e. The third-order valence-corrected chi connectivity index (χ3v) is 2.45. The van der Waals surface area contributed by atoms with E-state index >= 15 is 0 Å². The Kier molecular flexibility index (Phi) is 2.14. The van der Waals surface area contributed by atoms with Crippen molar-refractivity contribution in [3.8, 4) is 11.5 Å². The number of aryl methyl sites for hydroxylation is 1. The highest BCUT2D eigenvalue weighted by Crippen LogP contribution is 2.34. The molecule has 2 heteroatoms. The monoisotopic (exact) mass is 192 g/mol. The molecule has 0 atom stereocenters. The lowest BCUT2D eigenvalue weighted by Crippen LogP contribution is -2.28. The van der Waals surface area contributed by atoms with Crippen molar-refractivity contribution in [2.24, 2.45) is 0 Å². The Morgan fingerprint density at radius 3 is 2.79 bits per heavy atom. The maximum atomic E-state index is 5.87. The molecular weight excluding hydrogens is 176 g/mol. The van der Waals surface area contributed by atoms with Crippen molar-refractivity contribution in [2.75, 3.05) is 6.61 Å². The molecule has 0 radical (unpaired) electrons. The second-order valence-electron chi connectivity index (χ2n) is 4.41. The first-order valence-electron chi connectivity index (χ1n) is 4.99. The van der Waals surface area contributed by atoms with Crippen LogP contribution in [-0.2, 0) is 0 Å². The summed E-state index contributed by atoms with van der Waals surface area (Å²) >= 11 is 0. The van der Waals surface area contributed by atoms with E-state index in [1.807, 2.05) is 18.2 Å². The van der Waals surface area contributed by atoms with E-state index in [0.717, 1.165) is 24.5 Å². The molecule has 2 nitrogen and oxygen atoms in total. The lowest BCUT2D eigenvalue weighted by molar-refractivity contribution is 0.101. The Morgan fingerprint density at radius 2 is 2.00 bits per heavy atom. The van der Waals surface area contributed by atoms with Crippen LogP contribution in [-0.4, -0.2) is 12.2 Å². The van der Waals surface area contributed by atoms with Crippen LogP contribution in [0.15, 0.2) is 18.2 Å². The average molecular weight is 192 g/mol. The molecule has 0 unspecified atom stereocenters. The van der Waals surface area contributed by atoms with E-state index in [1.54, 1.807) is 0 Å². The van der Waals surface area contributed by atoms with Gasteiger partial charge in [0, 0.05) is 6.42 Å². The molecule has 0 aliphatic carbocycles. The molecule has 0 fully saturated rings. The van der Waals surface area contributed by atoms with Gasteiger partial charge in [-0.05, 0) is 38.5 Å². The molecule has 1 aromatic carbocycles. The second-order valence-corrected chi connectivity index (χ2v) is 4.41. The van der Waals surface area contributed by atoms with E-state index in [1.165, 1.54) is 5.56 Å². The molecule has 2 rings (SSSR count). The topological polar surface area (TPSA) is 18.5 Å². The summed E-state index contributed by atoms with van der Waals surface area (Å²) < 4.78 is 11.5. The van der Waals surface area contributed by atoms with Crippen LogP contribution in [0, 0.1) is 6.92 Å². The maximum Gasteiger partial charge on any atom is 0.162 e. The van der Waals surface area contributed by atoms with Gasteiger partial charge in [0.1, 0.15) is 5.60 Å². The van der Waals surface area contributed by atoms with E-state index in [0.29, 0.717) is 0 Å². The van der Waals surface area contributed by atoms with Gasteiger partial charge in [-0.25, -0.2) is 0 Å². The number of fused-ring (bicyclic) bond motifs is 1. The predicted octanol–water partition coefficient (Wildman–Crippen LogP) is 2.93. The summed E-state index contributed by atoms with van der Waals surface area (Å²) in [6.07, 6.45) is 0.917. The minimum absolute atomic E-state index is 0.124. The highest BCUT2D eigenvalue weighted by molar-refractivity contribution is 5.43. The zero-order valence-corrected chi connectivity index (χ0v) is 8.96. The average Bonchev–Trinajstić information content (AvgIpc) is 2.22. The third-order valence-electron chi connectivity index (χ3n) is 2.45. The van der Waals surface area contributed by atoms with Crippen LogP contribution in [0.3, 0.4) is 0 Å². The van der Waals surface area contributed by atoms with Crippen LogP contribution in [0.25, 0.3) is 0 Å². The van der Waals surface area contributed by atoms with E-state index in [2.05, 4.69) is 20.8 Å². The molecule has 0 N–H and O–H groups in total. The molecule has 0 aromatic heterocycles. The van der Waals surface area contributed by atoms with Crippen molar-refractivity contribution in [3.63, 3.8) is 0 Å². The predicted molar refractivity (Wildman–Crippen MR) is 56.0 cm³/mol. The third kappa shape index (κ3) is 1.84. The van der Waals surface area contributed by atoms with Gasteiger partial charge in [0.05, 0.1) is 6.61 Å². The normalized spacial score (nSPS) is 18.8. The van der Waals surface area contributed by atoms with Crippen molar-refractivity contribution >= 4 is 0 Å². The highest BCUT2D eigenvalue weighted by Gasteiger charge is 2.25. The van der Waals surface area contributed by atoms with Crippen molar-refractivity contribution in [2.45, 2.75) is 32.8 Å². The van der Waals surface area contributed by atoms with Gasteiger partial charge in [-0.3, -0.25) is 0 Å². The fourth-order valence-electron chi connectivity index (χ4n) is 1.57. The van der Waals surface area contributed by atoms with Crippen molar-refractivity contribution in [1.29, 1.82) is 0 Å². The summed E-state index contributed by atoms with van der Waals surface area (Å²) in [5, 5.41) is 0. The Hall–Kier alpha value is -1.18. The molecule has 0 spiro atoms. The zero-order valence-electron chi connectivity index (χ0n) is 8.96. The molecule has 76 valence electrons. The number of ether oxygens (including phenoxy) is 2. The van der Waals surface area contributed by atoms with Crippen LogP contribution in [0.2, 0.25) is 0 Å². The van der Waals surface area contributed by atoms with E-state index in [-0.39, 0.29) is 5.60 Å². The molecule has 0 saturated heterocycles. The van der Waals surface area contributed by atoms with Crippen LogP contribution < -0.4 is 9.47 Å². The fraction of sp³-hybridized carbons (Fsp3) is 0.500. The van der Waals surface area contributed by atoms with Crippen LogP contribution in [0.1, 0.15) is 25.8 Å². The first kappa shape index (κ1) is 9.38. The molecule has 14 heavy (non-hydrogen) atoms. The summed E-state index contributed by atoms with van der Waals surface area (Å²) in [7, 11) is 0. The molecule has 1 heterocycles. The van der Waals surface area contributed by atoms with Crippen molar-refractivity contribution < 1.29 is 9.47 Å². The lowest BCUT2D eigenvalue weighted by Gasteiger charge is -2.23. The number of benzene rings is 1. The van der Waals surface area contributed by atoms with Crippen LogP contribution >= 0.6 is 0 Å². The Labute approximate surface area is 84.8 Å². The molecule has 1 aliphatic heterocycles. The summed E-state index contributed by atoms with van der Waals surface area (Å²) in [6, 6.07) is 6.05. The van der Waals surface area contributed by atoms with Gasteiger partial charge in [-0.15, -0.1) is 0 Å². The highest BCUT2D eigenvalue weighted by atomic mass is 16.5. The molecule has 0 saturated carbocycles. The van der Waals surface area contributed by atoms with Gasteiger partial charge in [0.25, 0.3) is 0 Å². The summed E-state index contributed by atoms with van der Waals surface area (Å²) in [5.74, 6) is 1.73. The standard InChI is InChI=1S/C12H16O2/c1-9-4-5-10-11(8-9)13-7-6-12(2,3)14-10/h4-5,8H,6-7H2,1-3H3. The first-order valence-corrected chi connectivity index (χ1v) is 4.99. The SMILES string of the molecule is Cc1ccc2c(c1)OCCC(C)(C)O2. The number of hydrogen-bond acceptors (Lipinski definition) is 2. The largest absolute Gasteiger partial charge is 0.490 e. The van der Waals surface area contributed by atoms with Gasteiger partial charge in [0.2, 0.25) is 0 Å². The fourth-order valence-corrected chi connectivity index (χ4v) is 1.57. The number of hydrogen-bond donors (Lipinski definition) is 0. The zero-order chi connectivity index (χ0) is 10.2. The molecule has 0 bridgehead atoms. The minimum atomic E-state index is -0.124. The van der Waals surface area contributed by atoms with E-state index in [4.69, 9.17) is 9.47 Å². The van der Waals surface area contributed by atoms with Crippen molar-refractivity contribution in [3.05, 3.63) is 23.8 Å². The molecule has 1 aromatic rings. The molecular formula is C12H16O2. The Bertz CT molecular complexity index is 342. The maximum absolute atomic E-state index is 5.87. The Morgan fingerprint density at radius 1 is 1.21 bits per heavy atom. The van der Waals surface area contributed by atoms with Gasteiger partial charge in [-0.1, -0.05) is 6.07 Å². The number of rotatable bonds is 0. The lowest BCUT2D eigenvalue weighted by atomic mass is 10.1. The van der Waals surface area contributed by atoms with Gasteiger partial charge in [-0.2, -0.15) is 0 Å². The Balaban J connectivity index is 2.37. The van der Waals surface area contributed by atoms with E-state index < -0.39 is 0 Å². The first-order chi connectivity index (χ1) is 6.57. The summed E-state index contributed by atoms with van der Waals surface area (Å²) in [6.45, 7) is 6.96. The second kappa shape index (κ2) is 3.19. The summed E-state index contributed by atoms with van der Waals surface area (Å²) in [5.41, 5.74) is 1.08. The molecule has 0 amide bonds. The van der Waals surface area contributed by atoms with Gasteiger partial charge < -0.3 is 9.47 Å². The van der Waals surface area contributed by atoms with Gasteiger partial charge >= 0.3 is 0 Å². The van der Waals surface area contributed by atoms with Crippen LogP contribution in [0.5, 0.6) is 11.5 Å². The van der Waals surface area contributed by atoms with E-state index in [9.17, 15) is 0 Å². The quantitative estimate of drug-likeness (QED) is 0.629. The van der Waals surface area contributed by atoms with Crippen molar-refractivity contribution in [1.82, 2.24) is 0 Å². The summed E-state index contributed by atoms with van der Waals surface area (Å²) in [4.78, 5) is 0. The molecule has 1 aliphatic rings.